The highest BCUT2D eigenvalue weighted by Gasteiger charge is 2.17. The summed E-state index contributed by atoms with van der Waals surface area (Å²) in [5.74, 6) is 1.38. The first kappa shape index (κ1) is 23.7. The molecule has 2 aromatic heterocycles. The molecule has 0 saturated carbocycles. The highest BCUT2D eigenvalue weighted by molar-refractivity contribution is 6.37. The third kappa shape index (κ3) is 3.14. The summed E-state index contributed by atoms with van der Waals surface area (Å²) in [6.45, 7) is 0. The molecule has 0 unspecified atom stereocenters. The van der Waals surface area contributed by atoms with E-state index in [-0.39, 0.29) is 0 Å². The molecule has 4 nitrogen and oxygen atoms in total. The molecule has 0 aliphatic carbocycles. The second-order valence-electron chi connectivity index (χ2n) is 11.7. The van der Waals surface area contributed by atoms with E-state index >= 15 is 0 Å². The number of rotatable bonds is 2. The first-order valence-corrected chi connectivity index (χ1v) is 14.9. The number of fused-ring (bicyclic) bond motifs is 3. The van der Waals surface area contributed by atoms with Crippen molar-refractivity contribution in [3.05, 3.63) is 128 Å². The number of imidazole rings is 1. The number of nitrogens with zero attached hydrogens (tertiary/aromatic N) is 4. The Hall–Kier alpha value is -5.87. The van der Waals surface area contributed by atoms with E-state index in [0.717, 1.165) is 28.0 Å². The Labute approximate surface area is 252 Å². The molecule has 0 aliphatic rings. The van der Waals surface area contributed by atoms with Crippen molar-refractivity contribution in [2.24, 2.45) is 7.05 Å². The summed E-state index contributed by atoms with van der Waals surface area (Å²) >= 11 is 0. The maximum absolute atomic E-state index is 4.82. The second-order valence-corrected chi connectivity index (χ2v) is 11.7. The minimum absolute atomic E-state index is 0.617. The second kappa shape index (κ2) is 8.59. The molecule has 4 heteroatoms. The van der Waals surface area contributed by atoms with E-state index in [1.807, 2.05) is 37.6 Å². The van der Waals surface area contributed by atoms with Crippen LogP contribution in [0, 0.1) is 0 Å². The van der Waals surface area contributed by atoms with Gasteiger partial charge >= 0.3 is 0 Å². The molecular weight excluding hydrogens is 536 g/mol. The smallest absolute Gasteiger partial charge is 0.195 e. The molecule has 0 radical (unpaired) electrons. The maximum Gasteiger partial charge on any atom is 0.195 e. The summed E-state index contributed by atoms with van der Waals surface area (Å²) in [6.07, 6.45) is 3.86. The Morgan fingerprint density at radius 2 is 1.02 bits per heavy atom. The van der Waals surface area contributed by atoms with Gasteiger partial charge in [0.2, 0.25) is 0 Å². The van der Waals surface area contributed by atoms with E-state index in [9.17, 15) is 0 Å². The molecule has 0 atom stereocenters. The zero-order valence-electron chi connectivity index (χ0n) is 23.9. The van der Waals surface area contributed by atoms with Gasteiger partial charge in [-0.3, -0.25) is 0 Å². The SMILES string of the molecule is Cn1c(-c2ncc(-c3cc4ccc5cccc6c7cccc8ccc9cccc(c(c3)c4c56)c9c87)cn2)nc2ccccc21. The first-order valence-electron chi connectivity index (χ1n) is 14.9. The molecule has 44 heavy (non-hydrogen) atoms. The molecule has 0 N–H and O–H groups in total. The van der Waals surface area contributed by atoms with Crippen LogP contribution in [-0.2, 0) is 7.05 Å². The largest absolute Gasteiger partial charge is 0.324 e. The maximum atomic E-state index is 4.82. The van der Waals surface area contributed by atoms with Crippen LogP contribution in [0.4, 0.5) is 0 Å². The highest BCUT2D eigenvalue weighted by atomic mass is 15.1. The van der Waals surface area contributed by atoms with Crippen LogP contribution in [-0.4, -0.2) is 19.5 Å². The number of hydrogen-bond acceptors (Lipinski definition) is 3. The fourth-order valence-electron chi connectivity index (χ4n) is 7.39. The van der Waals surface area contributed by atoms with Crippen LogP contribution in [0.1, 0.15) is 0 Å². The summed E-state index contributed by atoms with van der Waals surface area (Å²) < 4.78 is 2.05. The minimum atomic E-state index is 0.617. The number of aromatic nitrogens is 4. The molecule has 10 rings (SSSR count). The molecule has 2 heterocycles. The van der Waals surface area contributed by atoms with Gasteiger partial charge in [0, 0.05) is 25.0 Å². The Balaban J connectivity index is 1.30. The zero-order valence-corrected chi connectivity index (χ0v) is 23.9. The minimum Gasteiger partial charge on any atom is -0.324 e. The molecule has 0 spiro atoms. The van der Waals surface area contributed by atoms with Gasteiger partial charge in [-0.1, -0.05) is 91.0 Å². The van der Waals surface area contributed by atoms with E-state index in [4.69, 9.17) is 15.0 Å². The summed E-state index contributed by atoms with van der Waals surface area (Å²) in [7, 11) is 2.01. The first-order chi connectivity index (χ1) is 21.7. The van der Waals surface area contributed by atoms with Crippen molar-refractivity contribution >= 4 is 75.7 Å². The quantitative estimate of drug-likeness (QED) is 0.198. The lowest BCUT2D eigenvalue weighted by atomic mass is 9.87. The summed E-state index contributed by atoms with van der Waals surface area (Å²) in [4.78, 5) is 14.4. The average Bonchev–Trinajstić information content (AvgIpc) is 3.42. The van der Waals surface area contributed by atoms with Crippen molar-refractivity contribution in [3.8, 4) is 22.8 Å². The zero-order chi connectivity index (χ0) is 28.9. The number of hydrogen-bond donors (Lipinski definition) is 0. The summed E-state index contributed by atoms with van der Waals surface area (Å²) in [5.41, 5.74) is 4.08. The Morgan fingerprint density at radius 3 is 1.64 bits per heavy atom. The number of aryl methyl sites for hydroxylation is 1. The lowest BCUT2D eigenvalue weighted by Gasteiger charge is -2.17. The topological polar surface area (TPSA) is 43.6 Å². The Bertz CT molecular complexity index is 2770. The van der Waals surface area contributed by atoms with Crippen LogP contribution in [0.25, 0.3) is 98.4 Å². The van der Waals surface area contributed by atoms with Gasteiger partial charge in [-0.05, 0) is 94.5 Å². The number of para-hydroxylation sites is 2. The van der Waals surface area contributed by atoms with Gasteiger partial charge in [-0.2, -0.15) is 0 Å². The van der Waals surface area contributed by atoms with Gasteiger partial charge in [0.1, 0.15) is 0 Å². The Kier molecular flexibility index (Phi) is 4.62. The van der Waals surface area contributed by atoms with E-state index in [2.05, 4.69) is 102 Å². The molecule has 0 saturated heterocycles. The van der Waals surface area contributed by atoms with Crippen molar-refractivity contribution < 1.29 is 0 Å². The van der Waals surface area contributed by atoms with Crippen LogP contribution < -0.4 is 0 Å². The molecule has 10 aromatic rings. The van der Waals surface area contributed by atoms with Gasteiger partial charge in [0.15, 0.2) is 11.6 Å². The van der Waals surface area contributed by atoms with Crippen LogP contribution in [0.2, 0.25) is 0 Å². The summed E-state index contributed by atoms with van der Waals surface area (Å²) in [6, 6.07) is 41.9. The van der Waals surface area contributed by atoms with Crippen molar-refractivity contribution in [1.82, 2.24) is 19.5 Å². The fraction of sp³-hybridized carbons (Fsp3) is 0.0250. The van der Waals surface area contributed by atoms with Crippen LogP contribution >= 0.6 is 0 Å². The van der Waals surface area contributed by atoms with E-state index < -0.39 is 0 Å². The summed E-state index contributed by atoms with van der Waals surface area (Å²) in [5, 5.41) is 15.3. The van der Waals surface area contributed by atoms with Gasteiger partial charge in [0.05, 0.1) is 11.0 Å². The lowest BCUT2D eigenvalue weighted by molar-refractivity contribution is 0.936. The van der Waals surface area contributed by atoms with Crippen molar-refractivity contribution in [1.29, 1.82) is 0 Å². The van der Waals surface area contributed by atoms with E-state index in [1.54, 1.807) is 0 Å². The average molecular weight is 561 g/mol. The van der Waals surface area contributed by atoms with Crippen LogP contribution in [0.5, 0.6) is 0 Å². The van der Waals surface area contributed by atoms with Gasteiger partial charge in [0.25, 0.3) is 0 Å². The Morgan fingerprint density at radius 1 is 0.477 bits per heavy atom. The van der Waals surface area contributed by atoms with Gasteiger partial charge < -0.3 is 4.57 Å². The predicted molar refractivity (Wildman–Crippen MR) is 183 cm³/mol. The number of benzene rings is 7. The van der Waals surface area contributed by atoms with Gasteiger partial charge in [-0.25, -0.2) is 15.0 Å². The fourth-order valence-corrected chi connectivity index (χ4v) is 7.39. The molecule has 204 valence electrons. The van der Waals surface area contributed by atoms with Gasteiger partial charge in [-0.15, -0.1) is 0 Å². The molecular formula is C40H24N4. The normalized spacial score (nSPS) is 12.2. The predicted octanol–water partition coefficient (Wildman–Crippen LogP) is 10.1. The van der Waals surface area contributed by atoms with Crippen molar-refractivity contribution in [2.45, 2.75) is 0 Å². The molecule has 8 aromatic carbocycles. The monoisotopic (exact) mass is 560 g/mol. The molecule has 0 aliphatic heterocycles. The van der Waals surface area contributed by atoms with Crippen LogP contribution in [0.3, 0.4) is 0 Å². The highest BCUT2D eigenvalue weighted by Crippen LogP contribution is 2.44. The standard InChI is InChI=1S/C40H24N4/c1-44-34-14-3-2-13-33(34)43-40(44)39-41-21-28(22-42-39)27-19-26-18-17-25-8-5-11-30-29-10-4-7-23-15-16-24-9-6-12-31(37(24)35(23)29)32(20-27)38(26)36(25)30/h2-22H,1H3. The van der Waals surface area contributed by atoms with E-state index in [1.165, 1.54) is 64.6 Å². The third-order valence-electron chi connectivity index (χ3n) is 9.40. The molecule has 0 bridgehead atoms. The molecule has 0 amide bonds. The lowest BCUT2D eigenvalue weighted by Crippen LogP contribution is -1.97. The van der Waals surface area contributed by atoms with E-state index in [0.29, 0.717) is 5.82 Å². The third-order valence-corrected chi connectivity index (χ3v) is 9.40. The van der Waals surface area contributed by atoms with Crippen LogP contribution in [0.15, 0.2) is 128 Å². The molecule has 0 fully saturated rings. The van der Waals surface area contributed by atoms with Crippen molar-refractivity contribution in [2.75, 3.05) is 0 Å². The van der Waals surface area contributed by atoms with Crippen molar-refractivity contribution in [3.63, 3.8) is 0 Å².